The quantitative estimate of drug-likeness (QED) is 0.755. The molecule has 0 aliphatic carbocycles. The van der Waals surface area contributed by atoms with Crippen LogP contribution in [-0.2, 0) is 18.3 Å². The number of nitrogens with zero attached hydrogens (tertiary/aromatic N) is 4. The van der Waals surface area contributed by atoms with Gasteiger partial charge in [-0.25, -0.2) is 4.79 Å². The van der Waals surface area contributed by atoms with Crippen molar-refractivity contribution in [2.24, 2.45) is 13.0 Å². The molecule has 1 atom stereocenters. The number of hydrogen-bond acceptors (Lipinski definition) is 6. The van der Waals surface area contributed by atoms with Crippen LogP contribution in [0.3, 0.4) is 0 Å². The van der Waals surface area contributed by atoms with Gasteiger partial charge in [0.15, 0.2) is 11.2 Å². The largest absolute Gasteiger partial charge is 0.389 e. The van der Waals surface area contributed by atoms with E-state index in [0.29, 0.717) is 23.0 Å². The Morgan fingerprint density at radius 3 is 2.59 bits per heavy atom. The molecule has 0 aromatic carbocycles. The van der Waals surface area contributed by atoms with Crippen LogP contribution in [0.1, 0.15) is 33.6 Å². The maximum absolute atomic E-state index is 12.5. The van der Waals surface area contributed by atoms with Crippen molar-refractivity contribution in [1.82, 2.24) is 19.1 Å². The van der Waals surface area contributed by atoms with Gasteiger partial charge in [-0.05, 0) is 32.6 Å². The summed E-state index contributed by atoms with van der Waals surface area (Å²) >= 11 is 0. The molecule has 9 nitrogen and oxygen atoms in total. The normalized spacial score (nSPS) is 17.2. The number of aromatic amines is 1. The van der Waals surface area contributed by atoms with E-state index in [1.54, 1.807) is 11.6 Å². The van der Waals surface area contributed by atoms with Crippen LogP contribution in [-0.4, -0.2) is 56.1 Å². The van der Waals surface area contributed by atoms with Gasteiger partial charge in [-0.1, -0.05) is 6.92 Å². The predicted octanol–water partition coefficient (Wildman–Crippen LogP) is 0.446. The molecule has 0 radical (unpaired) electrons. The average Bonchev–Trinajstić information content (AvgIpc) is 2.98. The van der Waals surface area contributed by atoms with Gasteiger partial charge in [0, 0.05) is 20.1 Å². The van der Waals surface area contributed by atoms with Gasteiger partial charge in [0.2, 0.25) is 5.95 Å². The lowest BCUT2D eigenvalue weighted by molar-refractivity contribution is -0.000190. The third kappa shape index (κ3) is 4.08. The van der Waals surface area contributed by atoms with Gasteiger partial charge in [-0.15, -0.1) is 0 Å². The second-order valence-corrected chi connectivity index (χ2v) is 7.72. The van der Waals surface area contributed by atoms with Gasteiger partial charge in [-0.2, -0.15) is 4.98 Å². The second-order valence-electron chi connectivity index (χ2n) is 7.72. The first-order valence-corrected chi connectivity index (χ1v) is 9.52. The highest BCUT2D eigenvalue weighted by atomic mass is 16.5. The van der Waals surface area contributed by atoms with Crippen LogP contribution in [0.4, 0.5) is 5.95 Å². The molecule has 3 heterocycles. The number of nitrogens with one attached hydrogen (secondary N) is 1. The summed E-state index contributed by atoms with van der Waals surface area (Å²) in [6, 6.07) is 0. The summed E-state index contributed by atoms with van der Waals surface area (Å²) in [7, 11) is 1.58. The number of ether oxygens (including phenoxy) is 1. The third-order valence-electron chi connectivity index (χ3n) is 5.07. The number of aryl methyl sites for hydroxylation is 1. The Morgan fingerprint density at radius 2 is 1.96 bits per heavy atom. The molecular formula is C18H29N5O4. The molecule has 2 N–H and O–H groups in total. The van der Waals surface area contributed by atoms with Crippen molar-refractivity contribution in [3.05, 3.63) is 20.8 Å². The van der Waals surface area contributed by atoms with Gasteiger partial charge in [0.1, 0.15) is 0 Å². The predicted molar refractivity (Wildman–Crippen MR) is 103 cm³/mol. The van der Waals surface area contributed by atoms with Crippen molar-refractivity contribution in [2.45, 2.75) is 52.4 Å². The number of anilines is 1. The zero-order chi connectivity index (χ0) is 19.7. The SMILES string of the molecule is CC1CCN(c2nc3c(c(=O)[nH]c(=O)n3C)n2CC(O)COC(C)C)CC1. The van der Waals surface area contributed by atoms with Crippen LogP contribution in [0.25, 0.3) is 11.2 Å². The van der Waals surface area contributed by atoms with Crippen LogP contribution in [0, 0.1) is 5.92 Å². The van der Waals surface area contributed by atoms with E-state index >= 15 is 0 Å². The first kappa shape index (κ1) is 19.6. The summed E-state index contributed by atoms with van der Waals surface area (Å²) < 4.78 is 8.55. The summed E-state index contributed by atoms with van der Waals surface area (Å²) in [4.78, 5) is 33.5. The smallest absolute Gasteiger partial charge is 0.329 e. The first-order chi connectivity index (χ1) is 12.8. The van der Waals surface area contributed by atoms with E-state index in [2.05, 4.69) is 21.8 Å². The fourth-order valence-corrected chi connectivity index (χ4v) is 3.41. The summed E-state index contributed by atoms with van der Waals surface area (Å²) in [5.41, 5.74) is -0.363. The van der Waals surface area contributed by atoms with Gasteiger partial charge in [0.05, 0.1) is 25.4 Å². The molecule has 2 aromatic rings. The molecule has 2 aromatic heterocycles. The molecule has 3 rings (SSSR count). The lowest BCUT2D eigenvalue weighted by Gasteiger charge is -2.31. The molecule has 0 bridgehead atoms. The topological polar surface area (TPSA) is 105 Å². The number of aliphatic hydroxyl groups is 1. The Bertz CT molecular complexity index is 905. The standard InChI is InChI=1S/C18H29N5O4/c1-11(2)27-10-13(24)9-23-14-15(21(4)18(26)20-16(14)25)19-17(23)22-7-5-12(3)6-8-22/h11-13,24H,5-10H2,1-4H3,(H,20,25,26). The van der Waals surface area contributed by atoms with Crippen molar-refractivity contribution in [3.8, 4) is 0 Å². The van der Waals surface area contributed by atoms with Gasteiger partial charge >= 0.3 is 5.69 Å². The molecule has 9 heteroatoms. The minimum atomic E-state index is -0.788. The maximum Gasteiger partial charge on any atom is 0.329 e. The number of hydrogen-bond donors (Lipinski definition) is 2. The van der Waals surface area contributed by atoms with Gasteiger partial charge in [-0.3, -0.25) is 14.3 Å². The van der Waals surface area contributed by atoms with E-state index in [0.717, 1.165) is 25.9 Å². The van der Waals surface area contributed by atoms with Crippen molar-refractivity contribution in [2.75, 3.05) is 24.6 Å². The molecule has 1 aliphatic heterocycles. The highest BCUT2D eigenvalue weighted by molar-refractivity contribution is 5.74. The van der Waals surface area contributed by atoms with E-state index in [1.165, 1.54) is 4.57 Å². The Labute approximate surface area is 157 Å². The Kier molecular flexibility index (Phi) is 5.71. The molecule has 1 fully saturated rings. The van der Waals surface area contributed by atoms with Crippen LogP contribution in [0.5, 0.6) is 0 Å². The average molecular weight is 379 g/mol. The number of aliphatic hydroxyl groups excluding tert-OH is 1. The zero-order valence-corrected chi connectivity index (χ0v) is 16.4. The van der Waals surface area contributed by atoms with E-state index in [-0.39, 0.29) is 19.3 Å². The molecule has 0 saturated carbocycles. The van der Waals surface area contributed by atoms with Crippen molar-refractivity contribution >= 4 is 17.1 Å². The molecule has 27 heavy (non-hydrogen) atoms. The highest BCUT2D eigenvalue weighted by Crippen LogP contribution is 2.25. The lowest BCUT2D eigenvalue weighted by atomic mass is 10.00. The number of aromatic nitrogens is 4. The van der Waals surface area contributed by atoms with Crippen LogP contribution < -0.4 is 16.1 Å². The van der Waals surface area contributed by atoms with Crippen molar-refractivity contribution in [1.29, 1.82) is 0 Å². The Hall–Kier alpha value is -2.13. The van der Waals surface area contributed by atoms with E-state index in [4.69, 9.17) is 4.74 Å². The molecule has 1 aliphatic rings. The molecule has 1 unspecified atom stereocenters. The van der Waals surface area contributed by atoms with Gasteiger partial charge in [0.25, 0.3) is 5.56 Å². The summed E-state index contributed by atoms with van der Waals surface area (Å²) in [5, 5.41) is 10.4. The Balaban J connectivity index is 2.04. The third-order valence-corrected chi connectivity index (χ3v) is 5.07. The minimum Gasteiger partial charge on any atom is -0.389 e. The number of rotatable bonds is 6. The van der Waals surface area contributed by atoms with Crippen LogP contribution in [0.2, 0.25) is 0 Å². The maximum atomic E-state index is 12.5. The van der Waals surface area contributed by atoms with Crippen molar-refractivity contribution in [3.63, 3.8) is 0 Å². The second kappa shape index (κ2) is 7.85. The molecule has 1 saturated heterocycles. The number of fused-ring (bicyclic) bond motifs is 1. The number of imidazole rings is 1. The van der Waals surface area contributed by atoms with E-state index in [1.807, 2.05) is 13.8 Å². The number of H-pyrrole nitrogens is 1. The Morgan fingerprint density at radius 1 is 1.30 bits per heavy atom. The lowest BCUT2D eigenvalue weighted by Crippen LogP contribution is -2.36. The van der Waals surface area contributed by atoms with Gasteiger partial charge < -0.3 is 19.3 Å². The highest BCUT2D eigenvalue weighted by Gasteiger charge is 2.25. The van der Waals surface area contributed by atoms with E-state index in [9.17, 15) is 14.7 Å². The zero-order valence-electron chi connectivity index (χ0n) is 16.4. The summed E-state index contributed by atoms with van der Waals surface area (Å²) in [5.74, 6) is 1.27. The molecule has 150 valence electrons. The molecular weight excluding hydrogens is 350 g/mol. The minimum absolute atomic E-state index is 0.00598. The summed E-state index contributed by atoms with van der Waals surface area (Å²) in [6.07, 6.45) is 1.30. The first-order valence-electron chi connectivity index (χ1n) is 9.52. The fourth-order valence-electron chi connectivity index (χ4n) is 3.41. The number of piperidine rings is 1. The van der Waals surface area contributed by atoms with E-state index < -0.39 is 17.4 Å². The van der Waals surface area contributed by atoms with Crippen LogP contribution >= 0.6 is 0 Å². The van der Waals surface area contributed by atoms with Crippen molar-refractivity contribution < 1.29 is 9.84 Å². The summed E-state index contributed by atoms with van der Waals surface area (Å²) in [6.45, 7) is 8.02. The molecule has 0 spiro atoms. The monoisotopic (exact) mass is 379 g/mol. The van der Waals surface area contributed by atoms with Crippen LogP contribution in [0.15, 0.2) is 9.59 Å². The fraction of sp³-hybridized carbons (Fsp3) is 0.722. The molecule has 0 amide bonds.